The molecule has 3 unspecified atom stereocenters. The van der Waals surface area contributed by atoms with Crippen LogP contribution in [-0.2, 0) is 9.59 Å². The molecule has 0 aromatic rings. The molecule has 0 radical (unpaired) electrons. The lowest BCUT2D eigenvalue weighted by Gasteiger charge is -2.37. The molecule has 1 amide bonds. The molecule has 1 heterocycles. The number of aliphatic carboxylic acids is 1. The largest absolute Gasteiger partial charge is 0.481 e. The van der Waals surface area contributed by atoms with Crippen LogP contribution >= 0.6 is 0 Å². The van der Waals surface area contributed by atoms with Gasteiger partial charge in [0.1, 0.15) is 0 Å². The van der Waals surface area contributed by atoms with Gasteiger partial charge < -0.3 is 15.7 Å². The van der Waals surface area contributed by atoms with Gasteiger partial charge >= 0.3 is 5.97 Å². The number of piperidine rings is 1. The molecule has 114 valence electrons. The lowest BCUT2D eigenvalue weighted by Crippen LogP contribution is -2.53. The van der Waals surface area contributed by atoms with Crippen molar-refractivity contribution in [3.05, 3.63) is 0 Å². The summed E-state index contributed by atoms with van der Waals surface area (Å²) in [5.74, 6) is -0.909. The number of carbonyl (C=O) groups is 2. The summed E-state index contributed by atoms with van der Waals surface area (Å²) in [6.45, 7) is 3.79. The van der Waals surface area contributed by atoms with Gasteiger partial charge in [0.2, 0.25) is 5.91 Å². The zero-order valence-corrected chi connectivity index (χ0v) is 12.3. The quantitative estimate of drug-likeness (QED) is 0.730. The van der Waals surface area contributed by atoms with Crippen LogP contribution < -0.4 is 10.6 Å². The molecule has 20 heavy (non-hydrogen) atoms. The van der Waals surface area contributed by atoms with Crippen LogP contribution in [0.25, 0.3) is 0 Å². The van der Waals surface area contributed by atoms with Gasteiger partial charge in [0.15, 0.2) is 0 Å². The van der Waals surface area contributed by atoms with Crippen LogP contribution in [0, 0.1) is 11.3 Å². The lowest BCUT2D eigenvalue weighted by atomic mass is 9.76. The van der Waals surface area contributed by atoms with Gasteiger partial charge in [-0.3, -0.25) is 9.59 Å². The number of hydrogen-bond acceptors (Lipinski definition) is 3. The summed E-state index contributed by atoms with van der Waals surface area (Å²) in [5.41, 5.74) is -0.297. The van der Waals surface area contributed by atoms with Crippen LogP contribution in [0.5, 0.6) is 0 Å². The second-order valence-corrected chi connectivity index (χ2v) is 6.29. The molecule has 2 fully saturated rings. The minimum atomic E-state index is -0.728. The van der Waals surface area contributed by atoms with E-state index in [1.807, 2.05) is 0 Å². The number of rotatable bonds is 4. The summed E-state index contributed by atoms with van der Waals surface area (Å²) in [7, 11) is 0. The normalized spacial score (nSPS) is 34.5. The molecular formula is C15H26N2O3. The number of amides is 1. The molecule has 2 rings (SSSR count). The molecule has 1 saturated carbocycles. The zero-order valence-electron chi connectivity index (χ0n) is 12.3. The fourth-order valence-corrected chi connectivity index (χ4v) is 3.51. The minimum absolute atomic E-state index is 0.0303. The fourth-order valence-electron chi connectivity index (χ4n) is 3.51. The summed E-state index contributed by atoms with van der Waals surface area (Å²) < 4.78 is 0. The first-order valence-corrected chi connectivity index (χ1v) is 7.82. The number of nitrogens with one attached hydrogen (secondary N) is 2. The van der Waals surface area contributed by atoms with Crippen molar-refractivity contribution in [3.8, 4) is 0 Å². The van der Waals surface area contributed by atoms with Crippen molar-refractivity contribution in [1.82, 2.24) is 10.6 Å². The summed E-state index contributed by atoms with van der Waals surface area (Å²) in [4.78, 5) is 23.7. The first kappa shape index (κ1) is 15.3. The van der Waals surface area contributed by atoms with Crippen molar-refractivity contribution >= 4 is 11.9 Å². The SMILES string of the molecule is CCC1(C(=O)NC2CCCC(C(=O)O)C2)CCCNC1. The Kier molecular flexibility index (Phi) is 5.02. The number of hydrogen-bond donors (Lipinski definition) is 3. The number of carboxylic acid groups (broad SMARTS) is 1. The summed E-state index contributed by atoms with van der Waals surface area (Å²) in [6.07, 6.45) is 5.90. The van der Waals surface area contributed by atoms with Gasteiger partial charge in [0, 0.05) is 12.6 Å². The van der Waals surface area contributed by atoms with E-state index in [-0.39, 0.29) is 23.3 Å². The van der Waals surface area contributed by atoms with E-state index in [0.717, 1.165) is 51.6 Å². The first-order chi connectivity index (χ1) is 9.57. The van der Waals surface area contributed by atoms with E-state index in [2.05, 4.69) is 17.6 Å². The predicted molar refractivity (Wildman–Crippen MR) is 76.4 cm³/mol. The van der Waals surface area contributed by atoms with Gasteiger partial charge in [-0.15, -0.1) is 0 Å². The number of carboxylic acids is 1. The van der Waals surface area contributed by atoms with Gasteiger partial charge in [-0.1, -0.05) is 13.3 Å². The van der Waals surface area contributed by atoms with E-state index in [4.69, 9.17) is 5.11 Å². The van der Waals surface area contributed by atoms with E-state index in [1.165, 1.54) is 0 Å². The average molecular weight is 282 g/mol. The Hall–Kier alpha value is -1.10. The maximum atomic E-state index is 12.6. The standard InChI is InChI=1S/C15H26N2O3/c1-2-15(7-4-8-16-10-15)14(20)17-12-6-3-5-11(9-12)13(18)19/h11-12,16H,2-10H2,1H3,(H,17,20)(H,18,19). The molecule has 0 aromatic heterocycles. The maximum Gasteiger partial charge on any atom is 0.306 e. The highest BCUT2D eigenvalue weighted by molar-refractivity contribution is 5.83. The highest BCUT2D eigenvalue weighted by Gasteiger charge is 2.39. The molecule has 0 spiro atoms. The van der Waals surface area contributed by atoms with Crippen molar-refractivity contribution in [3.63, 3.8) is 0 Å². The first-order valence-electron chi connectivity index (χ1n) is 7.82. The van der Waals surface area contributed by atoms with Gasteiger partial charge in [-0.25, -0.2) is 0 Å². The smallest absolute Gasteiger partial charge is 0.306 e. The summed E-state index contributed by atoms with van der Waals surface area (Å²) in [5, 5.41) is 15.6. The Morgan fingerprint density at radius 3 is 2.75 bits per heavy atom. The highest BCUT2D eigenvalue weighted by atomic mass is 16.4. The third kappa shape index (κ3) is 3.32. The van der Waals surface area contributed by atoms with Gasteiger partial charge in [0.25, 0.3) is 0 Å². The Labute approximate surface area is 120 Å². The average Bonchev–Trinajstić information content (AvgIpc) is 2.48. The monoisotopic (exact) mass is 282 g/mol. The van der Waals surface area contributed by atoms with E-state index < -0.39 is 5.97 Å². The zero-order chi connectivity index (χ0) is 14.6. The van der Waals surface area contributed by atoms with Crippen molar-refractivity contribution in [2.45, 2.75) is 57.9 Å². The second kappa shape index (κ2) is 6.57. The van der Waals surface area contributed by atoms with Gasteiger partial charge in [-0.05, 0) is 45.1 Å². The molecule has 3 atom stereocenters. The third-order valence-electron chi connectivity index (χ3n) is 4.99. The Morgan fingerprint density at radius 2 is 2.15 bits per heavy atom. The van der Waals surface area contributed by atoms with Crippen LogP contribution in [0.3, 0.4) is 0 Å². The molecule has 1 saturated heterocycles. The Morgan fingerprint density at radius 1 is 1.35 bits per heavy atom. The third-order valence-corrected chi connectivity index (χ3v) is 4.99. The van der Waals surface area contributed by atoms with Crippen LogP contribution in [0.4, 0.5) is 0 Å². The molecule has 5 nitrogen and oxygen atoms in total. The maximum absolute atomic E-state index is 12.6. The molecule has 1 aliphatic heterocycles. The van der Waals surface area contributed by atoms with Crippen molar-refractivity contribution in [2.24, 2.45) is 11.3 Å². The highest BCUT2D eigenvalue weighted by Crippen LogP contribution is 2.32. The molecule has 1 aliphatic carbocycles. The van der Waals surface area contributed by atoms with E-state index >= 15 is 0 Å². The van der Waals surface area contributed by atoms with Crippen LogP contribution in [0.2, 0.25) is 0 Å². The minimum Gasteiger partial charge on any atom is -0.481 e. The van der Waals surface area contributed by atoms with Crippen molar-refractivity contribution < 1.29 is 14.7 Å². The second-order valence-electron chi connectivity index (χ2n) is 6.29. The van der Waals surface area contributed by atoms with Gasteiger partial charge in [-0.2, -0.15) is 0 Å². The van der Waals surface area contributed by atoms with Crippen LogP contribution in [0.1, 0.15) is 51.9 Å². The lowest BCUT2D eigenvalue weighted by molar-refractivity contribution is -0.144. The van der Waals surface area contributed by atoms with E-state index in [1.54, 1.807) is 0 Å². The molecule has 5 heteroatoms. The van der Waals surface area contributed by atoms with E-state index in [0.29, 0.717) is 6.42 Å². The Bertz CT molecular complexity index is 364. The predicted octanol–water partition coefficient (Wildman–Crippen LogP) is 1.53. The number of carbonyl (C=O) groups excluding carboxylic acids is 1. The summed E-state index contributed by atoms with van der Waals surface area (Å²) in [6, 6.07) is 0.0303. The van der Waals surface area contributed by atoms with Crippen molar-refractivity contribution in [2.75, 3.05) is 13.1 Å². The van der Waals surface area contributed by atoms with Crippen LogP contribution in [0.15, 0.2) is 0 Å². The topological polar surface area (TPSA) is 78.4 Å². The fraction of sp³-hybridized carbons (Fsp3) is 0.867. The Balaban J connectivity index is 1.94. The molecule has 2 aliphatic rings. The molecule has 0 aromatic carbocycles. The van der Waals surface area contributed by atoms with E-state index in [9.17, 15) is 9.59 Å². The summed E-state index contributed by atoms with van der Waals surface area (Å²) >= 11 is 0. The van der Waals surface area contributed by atoms with Crippen LogP contribution in [-0.4, -0.2) is 36.1 Å². The van der Waals surface area contributed by atoms with Crippen molar-refractivity contribution in [1.29, 1.82) is 0 Å². The molecular weight excluding hydrogens is 256 g/mol. The molecule has 3 N–H and O–H groups in total. The van der Waals surface area contributed by atoms with Gasteiger partial charge in [0.05, 0.1) is 11.3 Å². The molecule has 0 bridgehead atoms.